The van der Waals surface area contributed by atoms with Gasteiger partial charge in [-0.3, -0.25) is 9.69 Å². The zero-order valence-corrected chi connectivity index (χ0v) is 23.5. The van der Waals surface area contributed by atoms with E-state index in [1.54, 1.807) is 0 Å². The van der Waals surface area contributed by atoms with Crippen LogP contribution in [0.25, 0.3) is 22.3 Å². The molecular formula is C32H35N5O4. The monoisotopic (exact) mass is 553 g/mol. The molecule has 0 bridgehead atoms. The van der Waals surface area contributed by atoms with E-state index < -0.39 is 0 Å². The van der Waals surface area contributed by atoms with Gasteiger partial charge in [0.25, 0.3) is 5.91 Å². The SMILES string of the molecule is CCOc1ccc2nc(-c3cccc(OCCCN4CCOCC4C)c3)nc(Nc3ccc4c(c3)CNC4=O)c2c1. The number of nitrogens with one attached hydrogen (secondary N) is 2. The maximum absolute atomic E-state index is 12.0. The molecule has 2 N–H and O–H groups in total. The first kappa shape index (κ1) is 27.0. The highest BCUT2D eigenvalue weighted by Gasteiger charge is 2.20. The van der Waals surface area contributed by atoms with Gasteiger partial charge >= 0.3 is 0 Å². The lowest BCUT2D eigenvalue weighted by atomic mass is 10.1. The van der Waals surface area contributed by atoms with Gasteiger partial charge in [0.2, 0.25) is 0 Å². The molecule has 1 saturated heterocycles. The minimum atomic E-state index is -0.0413. The molecule has 2 aliphatic heterocycles. The molecular weight excluding hydrogens is 518 g/mol. The molecule has 212 valence electrons. The van der Waals surface area contributed by atoms with Gasteiger partial charge in [0.05, 0.1) is 31.9 Å². The Morgan fingerprint density at radius 2 is 1.98 bits per heavy atom. The van der Waals surface area contributed by atoms with Crippen molar-refractivity contribution in [3.63, 3.8) is 0 Å². The number of ether oxygens (including phenoxy) is 3. The Bertz CT molecular complexity index is 1560. The van der Waals surface area contributed by atoms with Gasteiger partial charge in [-0.2, -0.15) is 0 Å². The second-order valence-corrected chi connectivity index (χ2v) is 10.4. The van der Waals surface area contributed by atoms with Crippen LogP contribution in [0, 0.1) is 0 Å². The van der Waals surface area contributed by atoms with E-state index in [9.17, 15) is 4.79 Å². The summed E-state index contributed by atoms with van der Waals surface area (Å²) in [4.78, 5) is 24.3. The Hall–Kier alpha value is -4.21. The third-order valence-electron chi connectivity index (χ3n) is 7.49. The average Bonchev–Trinajstić information content (AvgIpc) is 3.36. The minimum Gasteiger partial charge on any atom is -0.494 e. The zero-order valence-electron chi connectivity index (χ0n) is 23.5. The predicted octanol–water partition coefficient (Wildman–Crippen LogP) is 5.17. The van der Waals surface area contributed by atoms with Crippen LogP contribution in [0.1, 0.15) is 36.2 Å². The number of rotatable bonds is 10. The highest BCUT2D eigenvalue weighted by atomic mass is 16.5. The van der Waals surface area contributed by atoms with Gasteiger partial charge in [0, 0.05) is 47.9 Å². The summed E-state index contributed by atoms with van der Waals surface area (Å²) < 4.78 is 17.4. The Morgan fingerprint density at radius 3 is 2.85 bits per heavy atom. The molecule has 9 nitrogen and oxygen atoms in total. The van der Waals surface area contributed by atoms with Crippen LogP contribution < -0.4 is 20.1 Å². The van der Waals surface area contributed by atoms with Crippen LogP contribution in [0.15, 0.2) is 60.7 Å². The summed E-state index contributed by atoms with van der Waals surface area (Å²) in [5.41, 5.74) is 4.18. The molecule has 0 spiro atoms. The highest BCUT2D eigenvalue weighted by Crippen LogP contribution is 2.32. The molecule has 2 aliphatic rings. The summed E-state index contributed by atoms with van der Waals surface area (Å²) in [6.07, 6.45) is 0.944. The summed E-state index contributed by atoms with van der Waals surface area (Å²) in [6, 6.07) is 19.9. The van der Waals surface area contributed by atoms with Crippen molar-refractivity contribution in [2.75, 3.05) is 44.8 Å². The quantitative estimate of drug-likeness (QED) is 0.260. The van der Waals surface area contributed by atoms with Gasteiger partial charge in [-0.05, 0) is 74.4 Å². The van der Waals surface area contributed by atoms with Crippen molar-refractivity contribution >= 4 is 28.3 Å². The summed E-state index contributed by atoms with van der Waals surface area (Å²) in [5, 5.41) is 7.19. The van der Waals surface area contributed by atoms with Crippen LogP contribution in [0.5, 0.6) is 11.5 Å². The molecule has 9 heteroatoms. The van der Waals surface area contributed by atoms with E-state index in [1.165, 1.54) is 0 Å². The first-order valence-corrected chi connectivity index (χ1v) is 14.2. The van der Waals surface area contributed by atoms with Crippen LogP contribution >= 0.6 is 0 Å². The van der Waals surface area contributed by atoms with E-state index in [-0.39, 0.29) is 5.91 Å². The van der Waals surface area contributed by atoms with E-state index in [0.29, 0.717) is 43.0 Å². The third kappa shape index (κ3) is 6.11. The molecule has 1 amide bonds. The van der Waals surface area contributed by atoms with Crippen LogP contribution in [-0.2, 0) is 11.3 Å². The van der Waals surface area contributed by atoms with Crippen molar-refractivity contribution < 1.29 is 19.0 Å². The van der Waals surface area contributed by atoms with Gasteiger partial charge in [-0.15, -0.1) is 0 Å². The number of hydrogen-bond donors (Lipinski definition) is 2. The molecule has 1 unspecified atom stereocenters. The number of anilines is 2. The second-order valence-electron chi connectivity index (χ2n) is 10.4. The fraction of sp³-hybridized carbons (Fsp3) is 0.344. The minimum absolute atomic E-state index is 0.0413. The van der Waals surface area contributed by atoms with Crippen molar-refractivity contribution in [3.8, 4) is 22.9 Å². The van der Waals surface area contributed by atoms with E-state index >= 15 is 0 Å². The zero-order chi connectivity index (χ0) is 28.2. The molecule has 41 heavy (non-hydrogen) atoms. The van der Waals surface area contributed by atoms with Gasteiger partial charge in [0.1, 0.15) is 17.3 Å². The van der Waals surface area contributed by atoms with Crippen LogP contribution in [-0.4, -0.2) is 66.3 Å². The molecule has 3 heterocycles. The molecule has 3 aromatic carbocycles. The largest absolute Gasteiger partial charge is 0.494 e. The standard InChI is InChI=1S/C32H35N5O4/c1-3-40-26-9-11-29-28(18-26)31(34-24-8-10-27-23(16-24)19-33-32(27)38)36-30(35-29)22-6-4-7-25(17-22)41-14-5-12-37-13-15-39-20-21(37)2/h4,6-11,16-18,21H,3,5,12-15,19-20H2,1-2H3,(H,33,38)(H,34,35,36). The molecule has 1 aromatic heterocycles. The predicted molar refractivity (Wildman–Crippen MR) is 159 cm³/mol. The summed E-state index contributed by atoms with van der Waals surface area (Å²) in [6.45, 7) is 9.44. The molecule has 4 aromatic rings. The van der Waals surface area contributed by atoms with Gasteiger partial charge in [0.15, 0.2) is 5.82 Å². The van der Waals surface area contributed by atoms with Gasteiger partial charge < -0.3 is 24.8 Å². The van der Waals surface area contributed by atoms with E-state index in [1.807, 2.05) is 67.6 Å². The summed E-state index contributed by atoms with van der Waals surface area (Å²) in [7, 11) is 0. The van der Waals surface area contributed by atoms with E-state index in [0.717, 1.165) is 71.9 Å². The summed E-state index contributed by atoms with van der Waals surface area (Å²) >= 11 is 0. The number of fused-ring (bicyclic) bond motifs is 2. The van der Waals surface area contributed by atoms with Gasteiger partial charge in [-0.25, -0.2) is 9.97 Å². The lowest BCUT2D eigenvalue weighted by Crippen LogP contribution is -2.44. The van der Waals surface area contributed by atoms with Crippen molar-refractivity contribution in [1.29, 1.82) is 0 Å². The number of carbonyl (C=O) groups is 1. The number of benzene rings is 3. The number of aromatic nitrogens is 2. The normalized spacial score (nSPS) is 16.8. The van der Waals surface area contributed by atoms with E-state index in [2.05, 4.69) is 22.5 Å². The molecule has 1 fully saturated rings. The number of morpholine rings is 1. The number of nitrogens with zero attached hydrogens (tertiary/aromatic N) is 3. The average molecular weight is 554 g/mol. The lowest BCUT2D eigenvalue weighted by Gasteiger charge is -2.33. The molecule has 0 radical (unpaired) electrons. The van der Waals surface area contributed by atoms with E-state index in [4.69, 9.17) is 24.2 Å². The molecule has 1 atom stereocenters. The van der Waals surface area contributed by atoms with Gasteiger partial charge in [-0.1, -0.05) is 12.1 Å². The number of carbonyl (C=O) groups excluding carboxylic acids is 1. The topological polar surface area (TPSA) is 97.8 Å². The van der Waals surface area contributed by atoms with Crippen molar-refractivity contribution in [2.45, 2.75) is 32.9 Å². The Labute approximate surface area is 239 Å². The third-order valence-corrected chi connectivity index (χ3v) is 7.49. The molecule has 6 rings (SSSR count). The lowest BCUT2D eigenvalue weighted by molar-refractivity contribution is -0.00200. The van der Waals surface area contributed by atoms with Crippen molar-refractivity contribution in [3.05, 3.63) is 71.8 Å². The Balaban J connectivity index is 1.24. The van der Waals surface area contributed by atoms with Crippen LogP contribution in [0.2, 0.25) is 0 Å². The smallest absolute Gasteiger partial charge is 0.251 e. The second kappa shape index (κ2) is 12.1. The van der Waals surface area contributed by atoms with Crippen LogP contribution in [0.3, 0.4) is 0 Å². The first-order valence-electron chi connectivity index (χ1n) is 14.2. The van der Waals surface area contributed by atoms with Crippen molar-refractivity contribution in [1.82, 2.24) is 20.2 Å². The number of amides is 1. The molecule has 0 saturated carbocycles. The maximum atomic E-state index is 12.0. The Kier molecular flexibility index (Phi) is 7.98. The summed E-state index contributed by atoms with van der Waals surface area (Å²) in [5.74, 6) is 2.76. The fourth-order valence-corrected chi connectivity index (χ4v) is 5.31. The Morgan fingerprint density at radius 1 is 1.07 bits per heavy atom. The number of hydrogen-bond acceptors (Lipinski definition) is 8. The molecule has 0 aliphatic carbocycles. The highest BCUT2D eigenvalue weighted by molar-refractivity contribution is 5.99. The van der Waals surface area contributed by atoms with Crippen LogP contribution in [0.4, 0.5) is 11.5 Å². The first-order chi connectivity index (χ1) is 20.1. The van der Waals surface area contributed by atoms with Crippen molar-refractivity contribution in [2.24, 2.45) is 0 Å². The fourth-order valence-electron chi connectivity index (χ4n) is 5.31. The maximum Gasteiger partial charge on any atom is 0.251 e.